The second-order valence-electron chi connectivity index (χ2n) is 6.64. The van der Waals surface area contributed by atoms with Crippen LogP contribution in [0.2, 0.25) is 0 Å². The largest absolute Gasteiger partial charge is 0.492 e. The van der Waals surface area contributed by atoms with Crippen molar-refractivity contribution >= 4 is 33.9 Å². The van der Waals surface area contributed by atoms with E-state index in [-0.39, 0.29) is 6.03 Å². The van der Waals surface area contributed by atoms with Gasteiger partial charge < -0.3 is 14.5 Å². The highest BCUT2D eigenvalue weighted by molar-refractivity contribution is 9.10. The number of carbonyl (C=O) groups excluding carboxylic acids is 1. The van der Waals surface area contributed by atoms with Gasteiger partial charge in [0.2, 0.25) is 0 Å². The van der Waals surface area contributed by atoms with Crippen LogP contribution >= 0.6 is 15.9 Å². The Hall–Kier alpha value is -2.61. The standard InChI is InChI=1S/C21H25BrN4O3/c1-28-24-16-17-5-6-20(19(22)15-17)29-14-4-2-3-11-25-12-13-26(21(25)27)18-7-9-23-10-8-18/h5-10,15-16H,2-4,11-14H2,1H3. The molecule has 1 aliphatic heterocycles. The number of ether oxygens (including phenoxy) is 1. The van der Waals surface area contributed by atoms with Gasteiger partial charge in [0.25, 0.3) is 0 Å². The number of aromatic nitrogens is 1. The molecular formula is C21H25BrN4O3. The average molecular weight is 461 g/mol. The summed E-state index contributed by atoms with van der Waals surface area (Å²) in [5, 5.41) is 3.75. The lowest BCUT2D eigenvalue weighted by molar-refractivity contribution is 0.215. The Morgan fingerprint density at radius 2 is 2.00 bits per heavy atom. The van der Waals surface area contributed by atoms with E-state index in [2.05, 4.69) is 30.9 Å². The van der Waals surface area contributed by atoms with Crippen molar-refractivity contribution in [1.82, 2.24) is 9.88 Å². The molecule has 1 aliphatic rings. The van der Waals surface area contributed by atoms with E-state index in [1.54, 1.807) is 18.6 Å². The number of hydrogen-bond donors (Lipinski definition) is 0. The quantitative estimate of drug-likeness (QED) is 0.300. The molecule has 0 saturated carbocycles. The number of oxime groups is 1. The van der Waals surface area contributed by atoms with E-state index in [9.17, 15) is 4.79 Å². The molecule has 0 spiro atoms. The number of benzene rings is 1. The van der Waals surface area contributed by atoms with Crippen molar-refractivity contribution in [3.63, 3.8) is 0 Å². The second-order valence-corrected chi connectivity index (χ2v) is 7.50. The summed E-state index contributed by atoms with van der Waals surface area (Å²) in [5.41, 5.74) is 1.84. The predicted molar refractivity (Wildman–Crippen MR) is 117 cm³/mol. The molecule has 0 aliphatic carbocycles. The Balaban J connectivity index is 1.34. The van der Waals surface area contributed by atoms with Crippen LogP contribution in [-0.2, 0) is 4.84 Å². The molecule has 1 saturated heterocycles. The third-order valence-electron chi connectivity index (χ3n) is 4.66. The monoisotopic (exact) mass is 460 g/mol. The van der Waals surface area contributed by atoms with E-state index >= 15 is 0 Å². The Bertz CT molecular complexity index is 832. The van der Waals surface area contributed by atoms with Crippen molar-refractivity contribution in [3.8, 4) is 5.75 Å². The zero-order valence-electron chi connectivity index (χ0n) is 16.5. The average Bonchev–Trinajstić information content (AvgIpc) is 3.11. The number of hydrogen-bond acceptors (Lipinski definition) is 5. The molecular weight excluding hydrogens is 436 g/mol. The molecule has 3 rings (SSSR count). The van der Waals surface area contributed by atoms with Crippen LogP contribution in [0.25, 0.3) is 0 Å². The van der Waals surface area contributed by atoms with Gasteiger partial charge in [0.1, 0.15) is 12.9 Å². The highest BCUT2D eigenvalue weighted by atomic mass is 79.9. The van der Waals surface area contributed by atoms with Crippen molar-refractivity contribution in [1.29, 1.82) is 0 Å². The molecule has 0 unspecified atom stereocenters. The highest BCUT2D eigenvalue weighted by Crippen LogP contribution is 2.26. The van der Waals surface area contributed by atoms with Crippen LogP contribution in [0.5, 0.6) is 5.75 Å². The van der Waals surface area contributed by atoms with Gasteiger partial charge in [-0.25, -0.2) is 4.79 Å². The molecule has 29 heavy (non-hydrogen) atoms. The normalized spacial score (nSPS) is 14.1. The van der Waals surface area contributed by atoms with Crippen LogP contribution in [0, 0.1) is 0 Å². The summed E-state index contributed by atoms with van der Waals surface area (Å²) in [6.45, 7) is 2.91. The van der Waals surface area contributed by atoms with Crippen LogP contribution in [0.15, 0.2) is 52.4 Å². The van der Waals surface area contributed by atoms with E-state index in [0.717, 1.165) is 60.4 Å². The summed E-state index contributed by atoms with van der Waals surface area (Å²) in [7, 11) is 1.51. The van der Waals surface area contributed by atoms with Gasteiger partial charge in [-0.2, -0.15) is 0 Å². The molecule has 8 heteroatoms. The first-order chi connectivity index (χ1) is 14.2. The number of rotatable bonds is 10. The highest BCUT2D eigenvalue weighted by Gasteiger charge is 2.28. The maximum Gasteiger partial charge on any atom is 0.324 e. The molecule has 154 valence electrons. The maximum atomic E-state index is 12.5. The molecule has 1 aromatic carbocycles. The van der Waals surface area contributed by atoms with Gasteiger partial charge in [-0.1, -0.05) is 5.16 Å². The number of anilines is 1. The van der Waals surface area contributed by atoms with Crippen molar-refractivity contribution in [2.75, 3.05) is 38.3 Å². The topological polar surface area (TPSA) is 67.3 Å². The second kappa shape index (κ2) is 10.8. The molecule has 1 aromatic heterocycles. The van der Waals surface area contributed by atoms with E-state index in [1.807, 2.05) is 40.1 Å². The van der Waals surface area contributed by atoms with E-state index in [1.165, 1.54) is 7.11 Å². The van der Waals surface area contributed by atoms with Gasteiger partial charge >= 0.3 is 6.03 Å². The molecule has 7 nitrogen and oxygen atoms in total. The van der Waals surface area contributed by atoms with Crippen LogP contribution in [0.4, 0.5) is 10.5 Å². The lowest BCUT2D eigenvalue weighted by Crippen LogP contribution is -2.32. The third-order valence-corrected chi connectivity index (χ3v) is 5.28. The number of amides is 2. The fraction of sp³-hybridized carbons (Fsp3) is 0.381. The lowest BCUT2D eigenvalue weighted by atomic mass is 10.2. The van der Waals surface area contributed by atoms with Crippen molar-refractivity contribution in [2.24, 2.45) is 5.16 Å². The van der Waals surface area contributed by atoms with Gasteiger partial charge in [-0.05, 0) is 71.1 Å². The van der Waals surface area contributed by atoms with E-state index < -0.39 is 0 Å². The van der Waals surface area contributed by atoms with Crippen LogP contribution < -0.4 is 9.64 Å². The third kappa shape index (κ3) is 5.93. The maximum absolute atomic E-state index is 12.5. The summed E-state index contributed by atoms with van der Waals surface area (Å²) in [6, 6.07) is 9.59. The van der Waals surface area contributed by atoms with E-state index in [0.29, 0.717) is 6.61 Å². The molecule has 0 bridgehead atoms. The molecule has 0 radical (unpaired) electrons. The number of unbranched alkanes of at least 4 members (excludes halogenated alkanes) is 2. The SMILES string of the molecule is CON=Cc1ccc(OCCCCCN2CCN(c3ccncc3)C2=O)c(Br)c1. The van der Waals surface area contributed by atoms with Crippen LogP contribution in [0.1, 0.15) is 24.8 Å². The Kier molecular flexibility index (Phi) is 7.86. The molecule has 2 aromatic rings. The lowest BCUT2D eigenvalue weighted by Gasteiger charge is -2.18. The number of urea groups is 1. The fourth-order valence-electron chi connectivity index (χ4n) is 3.15. The van der Waals surface area contributed by atoms with Crippen LogP contribution in [0.3, 0.4) is 0 Å². The van der Waals surface area contributed by atoms with Crippen LogP contribution in [-0.4, -0.2) is 55.5 Å². The Morgan fingerprint density at radius 1 is 1.17 bits per heavy atom. The summed E-state index contributed by atoms with van der Waals surface area (Å²) < 4.78 is 6.73. The Morgan fingerprint density at radius 3 is 2.76 bits per heavy atom. The molecule has 0 atom stereocenters. The summed E-state index contributed by atoms with van der Waals surface area (Å²) >= 11 is 3.52. The first-order valence-electron chi connectivity index (χ1n) is 9.64. The minimum Gasteiger partial charge on any atom is -0.492 e. The van der Waals surface area contributed by atoms with Crippen molar-refractivity contribution in [2.45, 2.75) is 19.3 Å². The molecule has 1 fully saturated rings. The van der Waals surface area contributed by atoms with Crippen molar-refractivity contribution in [3.05, 3.63) is 52.8 Å². The minimum atomic E-state index is 0.0773. The molecule has 0 N–H and O–H groups in total. The first kappa shape index (κ1) is 21.1. The minimum absolute atomic E-state index is 0.0773. The molecule has 2 amide bonds. The number of halogens is 1. The van der Waals surface area contributed by atoms with Gasteiger partial charge in [-0.15, -0.1) is 0 Å². The zero-order chi connectivity index (χ0) is 20.5. The fourth-order valence-corrected chi connectivity index (χ4v) is 3.66. The Labute approximate surface area is 179 Å². The van der Waals surface area contributed by atoms with Gasteiger partial charge in [0, 0.05) is 37.7 Å². The van der Waals surface area contributed by atoms with Gasteiger partial charge in [-0.3, -0.25) is 9.88 Å². The van der Waals surface area contributed by atoms with Gasteiger partial charge in [0.15, 0.2) is 0 Å². The summed E-state index contributed by atoms with van der Waals surface area (Å²) in [5.74, 6) is 0.808. The van der Waals surface area contributed by atoms with E-state index in [4.69, 9.17) is 4.74 Å². The number of nitrogens with zero attached hydrogens (tertiary/aromatic N) is 4. The smallest absolute Gasteiger partial charge is 0.324 e. The zero-order valence-corrected chi connectivity index (χ0v) is 18.0. The number of pyridine rings is 1. The molecule has 2 heterocycles. The van der Waals surface area contributed by atoms with Gasteiger partial charge in [0.05, 0.1) is 17.3 Å². The predicted octanol–water partition coefficient (Wildman–Crippen LogP) is 4.32. The number of carbonyl (C=O) groups is 1. The van der Waals surface area contributed by atoms with Crippen molar-refractivity contribution < 1.29 is 14.4 Å². The first-order valence-corrected chi connectivity index (χ1v) is 10.4. The summed E-state index contributed by atoms with van der Waals surface area (Å²) in [6.07, 6.45) is 7.98. The summed E-state index contributed by atoms with van der Waals surface area (Å²) in [4.78, 5) is 24.9.